The van der Waals surface area contributed by atoms with Crippen molar-refractivity contribution in [2.75, 3.05) is 0 Å². The van der Waals surface area contributed by atoms with Gasteiger partial charge in [-0.05, 0) is 13.8 Å². The number of aromatic nitrogens is 2. The summed E-state index contributed by atoms with van der Waals surface area (Å²) in [5.74, 6) is 0. The third kappa shape index (κ3) is 2.74. The van der Waals surface area contributed by atoms with E-state index in [1.807, 2.05) is 19.9 Å². The third-order valence-electron chi connectivity index (χ3n) is 1.59. The first-order valence-corrected chi connectivity index (χ1v) is 4.03. The molecule has 13 heavy (non-hydrogen) atoms. The molecule has 1 aromatic heterocycles. The number of allylic oxidation sites excluding steroid dienone is 2. The molecule has 0 fully saturated rings. The molecular formula is C9H12N2O2. The van der Waals surface area contributed by atoms with Gasteiger partial charge < -0.3 is 0 Å². The maximum atomic E-state index is 11.1. The van der Waals surface area contributed by atoms with Crippen LogP contribution in [0.3, 0.4) is 0 Å². The summed E-state index contributed by atoms with van der Waals surface area (Å²) in [6.07, 6.45) is 3.40. The monoisotopic (exact) mass is 180 g/mol. The predicted molar refractivity (Wildman–Crippen MR) is 50.8 cm³/mol. The molecule has 1 aromatic rings. The van der Waals surface area contributed by atoms with Crippen LogP contribution in [0, 0.1) is 0 Å². The molecule has 1 N–H and O–H groups in total. The highest BCUT2D eigenvalue weighted by Gasteiger charge is 1.92. The number of H-pyrrole nitrogens is 1. The first-order valence-electron chi connectivity index (χ1n) is 4.03. The van der Waals surface area contributed by atoms with E-state index in [1.54, 1.807) is 0 Å². The second-order valence-corrected chi connectivity index (χ2v) is 3.04. The van der Waals surface area contributed by atoms with Crippen LogP contribution in [0.2, 0.25) is 0 Å². The molecule has 0 bridgehead atoms. The van der Waals surface area contributed by atoms with Gasteiger partial charge in [-0.2, -0.15) is 0 Å². The van der Waals surface area contributed by atoms with E-state index in [0.29, 0.717) is 6.54 Å². The van der Waals surface area contributed by atoms with E-state index in [0.717, 1.165) is 5.57 Å². The Hall–Kier alpha value is -1.58. The van der Waals surface area contributed by atoms with Crippen LogP contribution < -0.4 is 11.2 Å². The van der Waals surface area contributed by atoms with Gasteiger partial charge in [-0.25, -0.2) is 4.79 Å². The van der Waals surface area contributed by atoms with Gasteiger partial charge in [-0.3, -0.25) is 14.3 Å². The van der Waals surface area contributed by atoms with Crippen molar-refractivity contribution in [1.82, 2.24) is 9.55 Å². The van der Waals surface area contributed by atoms with Gasteiger partial charge in [0.15, 0.2) is 0 Å². The molecule has 4 nitrogen and oxygen atoms in total. The van der Waals surface area contributed by atoms with Crippen LogP contribution in [-0.4, -0.2) is 9.55 Å². The summed E-state index contributed by atoms with van der Waals surface area (Å²) in [4.78, 5) is 24.0. The molecule has 0 saturated carbocycles. The number of rotatable bonds is 2. The summed E-state index contributed by atoms with van der Waals surface area (Å²) < 4.78 is 1.44. The summed E-state index contributed by atoms with van der Waals surface area (Å²) in [7, 11) is 0. The fraction of sp³-hybridized carbons (Fsp3) is 0.333. The Bertz CT molecular complexity index is 422. The molecule has 0 atom stereocenters. The minimum absolute atomic E-state index is 0.363. The summed E-state index contributed by atoms with van der Waals surface area (Å²) in [5.41, 5.74) is 0.404. The second kappa shape index (κ2) is 3.89. The van der Waals surface area contributed by atoms with E-state index >= 15 is 0 Å². The van der Waals surface area contributed by atoms with Gasteiger partial charge in [-0.1, -0.05) is 11.6 Å². The van der Waals surface area contributed by atoms with Gasteiger partial charge in [0.2, 0.25) is 0 Å². The van der Waals surface area contributed by atoms with Gasteiger partial charge in [0, 0.05) is 18.8 Å². The molecule has 0 amide bonds. The van der Waals surface area contributed by atoms with Gasteiger partial charge >= 0.3 is 5.69 Å². The summed E-state index contributed by atoms with van der Waals surface area (Å²) in [5, 5.41) is 0. The van der Waals surface area contributed by atoms with Crippen LogP contribution in [0.25, 0.3) is 0 Å². The molecular weight excluding hydrogens is 168 g/mol. The highest BCUT2D eigenvalue weighted by atomic mass is 16.2. The van der Waals surface area contributed by atoms with Gasteiger partial charge in [0.25, 0.3) is 5.56 Å². The molecule has 1 rings (SSSR count). The Kier molecular flexibility index (Phi) is 2.84. The molecule has 70 valence electrons. The van der Waals surface area contributed by atoms with Crippen LogP contribution in [0.1, 0.15) is 13.8 Å². The fourth-order valence-electron chi connectivity index (χ4n) is 0.869. The molecule has 0 unspecified atom stereocenters. The van der Waals surface area contributed by atoms with Crippen molar-refractivity contribution in [2.45, 2.75) is 20.4 Å². The third-order valence-corrected chi connectivity index (χ3v) is 1.59. The predicted octanol–water partition coefficient (Wildman–Crippen LogP) is 0.503. The normalized spacial score (nSPS) is 9.69. The molecule has 0 aromatic carbocycles. The average molecular weight is 180 g/mol. The van der Waals surface area contributed by atoms with E-state index in [4.69, 9.17) is 0 Å². The number of nitrogens with zero attached hydrogens (tertiary/aromatic N) is 1. The average Bonchev–Trinajstić information content (AvgIpc) is 2.02. The van der Waals surface area contributed by atoms with E-state index in [2.05, 4.69) is 4.98 Å². The molecule has 4 heteroatoms. The Morgan fingerprint density at radius 2 is 2.23 bits per heavy atom. The number of hydrogen-bond acceptors (Lipinski definition) is 2. The summed E-state index contributed by atoms with van der Waals surface area (Å²) in [6.45, 7) is 4.41. The minimum Gasteiger partial charge on any atom is -0.297 e. The zero-order valence-electron chi connectivity index (χ0n) is 7.70. The van der Waals surface area contributed by atoms with E-state index < -0.39 is 0 Å². The van der Waals surface area contributed by atoms with Crippen LogP contribution in [0.5, 0.6) is 0 Å². The molecule has 0 aliphatic carbocycles. The zero-order valence-corrected chi connectivity index (χ0v) is 7.70. The molecule has 0 saturated heterocycles. The lowest BCUT2D eigenvalue weighted by atomic mass is 10.3. The molecule has 0 spiro atoms. The standard InChI is InChI=1S/C9H12N2O2/c1-7(2)3-5-11-6-4-8(12)10-9(11)13/h3-4,6H,5H2,1-2H3,(H,10,12,13). The smallest absolute Gasteiger partial charge is 0.297 e. The quantitative estimate of drug-likeness (QED) is 0.674. The van der Waals surface area contributed by atoms with E-state index in [1.165, 1.54) is 16.8 Å². The van der Waals surface area contributed by atoms with Crippen LogP contribution in [0.15, 0.2) is 33.5 Å². The van der Waals surface area contributed by atoms with Crippen molar-refractivity contribution in [3.63, 3.8) is 0 Å². The Morgan fingerprint density at radius 3 is 2.77 bits per heavy atom. The summed E-state index contributed by atoms with van der Waals surface area (Å²) in [6, 6.07) is 1.33. The fourth-order valence-corrected chi connectivity index (χ4v) is 0.869. The zero-order chi connectivity index (χ0) is 9.84. The molecule has 0 radical (unpaired) electrons. The highest BCUT2D eigenvalue weighted by Crippen LogP contribution is 1.89. The Labute approximate surface area is 75.5 Å². The Morgan fingerprint density at radius 1 is 1.54 bits per heavy atom. The van der Waals surface area contributed by atoms with Crippen molar-refractivity contribution in [2.24, 2.45) is 0 Å². The molecule has 0 aliphatic heterocycles. The lowest BCUT2D eigenvalue weighted by Crippen LogP contribution is -2.28. The Balaban J connectivity index is 2.97. The lowest BCUT2D eigenvalue weighted by Gasteiger charge is -1.99. The van der Waals surface area contributed by atoms with E-state index in [-0.39, 0.29) is 11.2 Å². The summed E-state index contributed by atoms with van der Waals surface area (Å²) >= 11 is 0. The van der Waals surface area contributed by atoms with Crippen molar-refractivity contribution in [3.05, 3.63) is 44.8 Å². The van der Waals surface area contributed by atoms with Crippen molar-refractivity contribution in [1.29, 1.82) is 0 Å². The largest absolute Gasteiger partial charge is 0.328 e. The SMILES string of the molecule is CC(C)=CCn1ccc(=O)[nH]c1=O. The maximum absolute atomic E-state index is 11.1. The van der Waals surface area contributed by atoms with Crippen molar-refractivity contribution >= 4 is 0 Å². The number of aromatic amines is 1. The van der Waals surface area contributed by atoms with Crippen molar-refractivity contribution in [3.8, 4) is 0 Å². The first-order chi connectivity index (χ1) is 6.09. The number of nitrogens with one attached hydrogen (secondary N) is 1. The second-order valence-electron chi connectivity index (χ2n) is 3.04. The van der Waals surface area contributed by atoms with E-state index in [9.17, 15) is 9.59 Å². The van der Waals surface area contributed by atoms with Crippen LogP contribution >= 0.6 is 0 Å². The topological polar surface area (TPSA) is 54.9 Å². The lowest BCUT2D eigenvalue weighted by molar-refractivity contribution is 0.732. The van der Waals surface area contributed by atoms with Gasteiger partial charge in [-0.15, -0.1) is 0 Å². The number of hydrogen-bond donors (Lipinski definition) is 1. The van der Waals surface area contributed by atoms with Crippen LogP contribution in [-0.2, 0) is 6.54 Å². The van der Waals surface area contributed by atoms with Gasteiger partial charge in [0.05, 0.1) is 0 Å². The van der Waals surface area contributed by atoms with Gasteiger partial charge in [0.1, 0.15) is 0 Å². The van der Waals surface area contributed by atoms with Crippen LogP contribution in [0.4, 0.5) is 0 Å². The molecule has 1 heterocycles. The molecule has 0 aliphatic rings. The first kappa shape index (κ1) is 9.51. The highest BCUT2D eigenvalue weighted by molar-refractivity contribution is 4.94. The van der Waals surface area contributed by atoms with Crippen molar-refractivity contribution < 1.29 is 0 Å². The minimum atomic E-state index is -0.370. The maximum Gasteiger partial charge on any atom is 0.328 e.